The van der Waals surface area contributed by atoms with Gasteiger partial charge >= 0.3 is 5.97 Å². The van der Waals surface area contributed by atoms with Gasteiger partial charge in [0.25, 0.3) is 0 Å². The van der Waals surface area contributed by atoms with Crippen molar-refractivity contribution in [3.05, 3.63) is 49.0 Å². The van der Waals surface area contributed by atoms with Gasteiger partial charge in [0.05, 0.1) is 9.35 Å². The molecule has 1 N–H and O–H groups in total. The predicted octanol–water partition coefficient (Wildman–Crippen LogP) is 5.26. The van der Waals surface area contributed by atoms with Gasteiger partial charge in [0.15, 0.2) is 0 Å². The number of aromatic carboxylic acids is 1. The molecule has 0 radical (unpaired) electrons. The molecule has 0 unspecified atom stereocenters. The van der Waals surface area contributed by atoms with Crippen LogP contribution in [0.15, 0.2) is 42.8 Å². The van der Waals surface area contributed by atoms with Crippen LogP contribution in [0.1, 0.15) is 15.9 Å². The summed E-state index contributed by atoms with van der Waals surface area (Å²) in [6, 6.07) is 7.26. The molecule has 0 atom stereocenters. The van der Waals surface area contributed by atoms with Crippen LogP contribution in [0.5, 0.6) is 0 Å². The van der Waals surface area contributed by atoms with E-state index in [-0.39, 0.29) is 0 Å². The van der Waals surface area contributed by atoms with E-state index in [9.17, 15) is 4.79 Å². The lowest BCUT2D eigenvalue weighted by Gasteiger charge is -2.05. The molecule has 1 aromatic heterocycles. The van der Waals surface area contributed by atoms with E-state index < -0.39 is 5.97 Å². The third-order valence-corrected chi connectivity index (χ3v) is 5.36. The van der Waals surface area contributed by atoms with Crippen molar-refractivity contribution in [1.82, 2.24) is 0 Å². The first kappa shape index (κ1) is 14.1. The van der Waals surface area contributed by atoms with Crippen molar-refractivity contribution in [1.29, 1.82) is 0 Å². The molecule has 2 nitrogen and oxygen atoms in total. The van der Waals surface area contributed by atoms with Gasteiger partial charge < -0.3 is 5.11 Å². The first-order valence-electron chi connectivity index (χ1n) is 4.95. The van der Waals surface area contributed by atoms with E-state index in [4.69, 9.17) is 5.11 Å². The maximum atomic E-state index is 11.1. The van der Waals surface area contributed by atoms with Crippen molar-refractivity contribution < 1.29 is 9.90 Å². The van der Waals surface area contributed by atoms with Gasteiger partial charge in [-0.05, 0) is 51.1 Å². The number of rotatable bonds is 4. The molecule has 0 saturated carbocycles. The summed E-state index contributed by atoms with van der Waals surface area (Å²) in [4.78, 5) is 11.9. The quantitative estimate of drug-likeness (QED) is 0.702. The molecule has 2 aromatic rings. The highest BCUT2D eigenvalue weighted by atomic mass is 79.9. The Hall–Kier alpha value is -0.300. The van der Waals surface area contributed by atoms with Gasteiger partial charge in [0.1, 0.15) is 0 Å². The number of thiophene rings is 1. The number of carboxylic acids is 1. The number of carbonyl (C=O) groups is 1. The summed E-state index contributed by atoms with van der Waals surface area (Å²) in [5.74, 6) is -0.129. The number of carboxylic acid groups (broad SMARTS) is 1. The molecule has 0 fully saturated rings. The fraction of sp³-hybridized carbons (Fsp3) is 0.0833. The Morgan fingerprint density at radius 3 is 2.72 bits per heavy atom. The predicted molar refractivity (Wildman–Crippen MR) is 82.7 cm³/mol. The Morgan fingerprint density at radius 1 is 1.33 bits per heavy atom. The Bertz CT molecular complexity index is 581. The van der Waals surface area contributed by atoms with Crippen LogP contribution in [0.4, 0.5) is 0 Å². The lowest BCUT2D eigenvalue weighted by Crippen LogP contribution is -1.98. The third kappa shape index (κ3) is 3.60. The van der Waals surface area contributed by atoms with Gasteiger partial charge in [0, 0.05) is 15.1 Å². The minimum absolute atomic E-state index is 0.345. The largest absolute Gasteiger partial charge is 0.478 e. The summed E-state index contributed by atoms with van der Waals surface area (Å²) in [5, 5.41) is 11.2. The maximum Gasteiger partial charge on any atom is 0.336 e. The van der Waals surface area contributed by atoms with Gasteiger partial charge in [-0.2, -0.15) is 0 Å². The second kappa shape index (κ2) is 6.23. The molecule has 18 heavy (non-hydrogen) atoms. The number of hydrogen-bond donors (Lipinski definition) is 1. The van der Waals surface area contributed by atoms with E-state index in [1.165, 1.54) is 17.3 Å². The van der Waals surface area contributed by atoms with Crippen molar-refractivity contribution >= 4 is 60.9 Å². The summed E-state index contributed by atoms with van der Waals surface area (Å²) >= 11 is 9.94. The normalized spacial score (nSPS) is 10.6. The van der Waals surface area contributed by atoms with E-state index in [0.29, 0.717) is 5.56 Å². The van der Waals surface area contributed by atoms with Crippen molar-refractivity contribution in [3.63, 3.8) is 0 Å². The minimum Gasteiger partial charge on any atom is -0.478 e. The molecular formula is C12H8Br2O2S2. The molecule has 0 aliphatic heterocycles. The molecule has 94 valence electrons. The molecule has 0 bridgehead atoms. The Balaban J connectivity index is 2.17. The van der Waals surface area contributed by atoms with Gasteiger partial charge in [-0.25, -0.2) is 4.79 Å². The van der Waals surface area contributed by atoms with Gasteiger partial charge in [-0.1, -0.05) is 15.9 Å². The number of hydrogen-bond acceptors (Lipinski definition) is 3. The molecule has 1 aromatic carbocycles. The first-order chi connectivity index (χ1) is 8.56. The summed E-state index contributed by atoms with van der Waals surface area (Å²) in [5.41, 5.74) is 1.53. The van der Waals surface area contributed by atoms with Crippen molar-refractivity contribution in [2.45, 2.75) is 10.6 Å². The summed E-state index contributed by atoms with van der Waals surface area (Å²) in [6.45, 7) is 0. The van der Waals surface area contributed by atoms with Gasteiger partial charge in [0.2, 0.25) is 0 Å². The van der Waals surface area contributed by atoms with E-state index in [0.717, 1.165) is 18.9 Å². The van der Waals surface area contributed by atoms with Crippen LogP contribution < -0.4 is 0 Å². The zero-order valence-electron chi connectivity index (χ0n) is 9.02. The Labute approximate surface area is 130 Å². The molecule has 6 heteroatoms. The zero-order valence-corrected chi connectivity index (χ0v) is 13.8. The maximum absolute atomic E-state index is 11.1. The first-order valence-corrected chi connectivity index (χ1v) is 8.40. The van der Waals surface area contributed by atoms with Crippen molar-refractivity contribution in [3.8, 4) is 0 Å². The highest BCUT2D eigenvalue weighted by Crippen LogP contribution is 2.31. The van der Waals surface area contributed by atoms with Crippen LogP contribution in [-0.4, -0.2) is 11.1 Å². The lowest BCUT2D eigenvalue weighted by atomic mass is 10.2. The zero-order chi connectivity index (χ0) is 13.1. The van der Waals surface area contributed by atoms with E-state index in [2.05, 4.69) is 43.3 Å². The molecule has 1 heterocycles. The standard InChI is InChI=1S/C12H8Br2O2S2/c13-8-1-2-9(12(15)16)10(4-8)17-5-7-3-11(14)18-6-7/h1-4,6H,5H2,(H,15,16). The second-order valence-corrected chi connectivity index (χ2v) is 7.72. The SMILES string of the molecule is O=C(O)c1ccc(Br)cc1SCc1csc(Br)c1. The van der Waals surface area contributed by atoms with Crippen LogP contribution in [0, 0.1) is 0 Å². The molecule has 2 rings (SSSR count). The third-order valence-electron chi connectivity index (χ3n) is 2.19. The average molecular weight is 408 g/mol. The van der Waals surface area contributed by atoms with E-state index in [1.807, 2.05) is 6.07 Å². The van der Waals surface area contributed by atoms with Crippen molar-refractivity contribution in [2.75, 3.05) is 0 Å². The highest BCUT2D eigenvalue weighted by Gasteiger charge is 2.11. The minimum atomic E-state index is -0.892. The number of thioether (sulfide) groups is 1. The topological polar surface area (TPSA) is 37.3 Å². The smallest absolute Gasteiger partial charge is 0.336 e. The van der Waals surface area contributed by atoms with Crippen molar-refractivity contribution in [2.24, 2.45) is 0 Å². The average Bonchev–Trinajstić information content (AvgIpc) is 2.72. The van der Waals surface area contributed by atoms with Crippen LogP contribution in [0.2, 0.25) is 0 Å². The molecule has 0 amide bonds. The van der Waals surface area contributed by atoms with Crippen LogP contribution in [0.25, 0.3) is 0 Å². The lowest BCUT2D eigenvalue weighted by molar-refractivity contribution is 0.0693. The summed E-state index contributed by atoms with van der Waals surface area (Å²) in [7, 11) is 0. The Kier molecular flexibility index (Phi) is 4.89. The molecule has 0 saturated heterocycles. The molecule has 0 aliphatic carbocycles. The van der Waals surface area contributed by atoms with E-state index in [1.54, 1.807) is 23.5 Å². The fourth-order valence-corrected chi connectivity index (χ4v) is 4.21. The monoisotopic (exact) mass is 406 g/mol. The summed E-state index contributed by atoms with van der Waals surface area (Å²) < 4.78 is 1.98. The second-order valence-electron chi connectivity index (χ2n) is 3.49. The number of halogens is 2. The van der Waals surface area contributed by atoms with Crippen LogP contribution >= 0.6 is 55.0 Å². The molecule has 0 spiro atoms. The Morgan fingerprint density at radius 2 is 2.11 bits per heavy atom. The highest BCUT2D eigenvalue weighted by molar-refractivity contribution is 9.11. The van der Waals surface area contributed by atoms with Gasteiger partial charge in [-0.3, -0.25) is 0 Å². The fourth-order valence-electron chi connectivity index (χ4n) is 1.37. The molecule has 0 aliphatic rings. The van der Waals surface area contributed by atoms with Crippen LogP contribution in [-0.2, 0) is 5.75 Å². The summed E-state index contributed by atoms with van der Waals surface area (Å²) in [6.07, 6.45) is 0. The van der Waals surface area contributed by atoms with E-state index >= 15 is 0 Å². The van der Waals surface area contributed by atoms with Gasteiger partial charge in [-0.15, -0.1) is 23.1 Å². The van der Waals surface area contributed by atoms with Crippen LogP contribution in [0.3, 0.4) is 0 Å². The molecular weight excluding hydrogens is 400 g/mol. The number of benzene rings is 1.